The number of hydrogen-bond donors (Lipinski definition) is 0. The van der Waals surface area contributed by atoms with Crippen LogP contribution in [0.1, 0.15) is 43.9 Å². The zero-order valence-electron chi connectivity index (χ0n) is 20.3. The van der Waals surface area contributed by atoms with Crippen molar-refractivity contribution in [1.82, 2.24) is 0 Å². The third-order valence-electron chi connectivity index (χ3n) is 5.69. The van der Waals surface area contributed by atoms with Crippen molar-refractivity contribution in [3.05, 3.63) is 144 Å². The molecule has 142 valence electrons. The largest absolute Gasteiger partial charge is 1.00 e. The van der Waals surface area contributed by atoms with Gasteiger partial charge in [-0.3, -0.25) is 0 Å². The van der Waals surface area contributed by atoms with Crippen molar-refractivity contribution in [2.24, 2.45) is 5.92 Å². The Kier molecular flexibility index (Phi) is 9.78. The van der Waals surface area contributed by atoms with Gasteiger partial charge in [-0.15, -0.1) is 0 Å². The molecule has 4 aromatic carbocycles. The summed E-state index contributed by atoms with van der Waals surface area (Å²) >= 11 is 0. The van der Waals surface area contributed by atoms with Gasteiger partial charge in [0.05, 0.1) is 0 Å². The number of rotatable bonds is 6. The Labute approximate surface area is 208 Å². The Morgan fingerprint density at radius 2 is 0.600 bits per heavy atom. The van der Waals surface area contributed by atoms with E-state index in [0.29, 0.717) is 17.8 Å². The minimum Gasteiger partial charge on any atom is -1.00 e. The predicted molar refractivity (Wildman–Crippen MR) is 121 cm³/mol. The second kappa shape index (κ2) is 12.1. The van der Waals surface area contributed by atoms with Gasteiger partial charge in [0.25, 0.3) is 0 Å². The Morgan fingerprint density at radius 3 is 0.800 bits per heavy atom. The first-order valence-electron chi connectivity index (χ1n) is 10.0. The van der Waals surface area contributed by atoms with Crippen molar-refractivity contribution in [3.8, 4) is 0 Å². The van der Waals surface area contributed by atoms with Crippen LogP contribution in [0.3, 0.4) is 0 Å². The van der Waals surface area contributed by atoms with Crippen LogP contribution in [0.4, 0.5) is 0 Å². The smallest absolute Gasteiger partial charge is 1.00 e. The van der Waals surface area contributed by atoms with Gasteiger partial charge in [0.1, 0.15) is 0 Å². The molecule has 0 radical (unpaired) electrons. The maximum Gasteiger partial charge on any atom is 1.00 e. The van der Waals surface area contributed by atoms with E-state index in [1.807, 2.05) is 0 Å². The standard InChI is InChI=1S/C28H26.2Li.2H/c1-22(27(23-14-6-2-7-15-23)24-16-8-3-9-17-24)28(25-18-10-4-11-19-25)26-20-12-5-13-21-26;;;;/h2-22,27-28H,1H3;;;;/q;2*+1;2*-1. The number of benzene rings is 4. The molecule has 2 heteroatoms. The fourth-order valence-electron chi connectivity index (χ4n) is 4.43. The normalized spacial score (nSPS) is 10.5. The minimum atomic E-state index is 0. The van der Waals surface area contributed by atoms with Crippen molar-refractivity contribution in [3.63, 3.8) is 0 Å². The SMILES string of the molecule is CC(C(c1ccccc1)c1ccccc1)C(c1ccccc1)c1ccccc1.[H-].[H-].[Li+].[Li+]. The van der Waals surface area contributed by atoms with E-state index >= 15 is 0 Å². The maximum atomic E-state index is 2.40. The Morgan fingerprint density at radius 1 is 0.400 bits per heavy atom. The van der Waals surface area contributed by atoms with Crippen LogP contribution in [-0.4, -0.2) is 0 Å². The summed E-state index contributed by atoms with van der Waals surface area (Å²) in [6.07, 6.45) is 0. The summed E-state index contributed by atoms with van der Waals surface area (Å²) in [5.74, 6) is 1.05. The van der Waals surface area contributed by atoms with Gasteiger partial charge in [0.15, 0.2) is 0 Å². The molecular formula is C28H28Li2. The molecule has 4 rings (SSSR count). The molecule has 0 fully saturated rings. The summed E-state index contributed by atoms with van der Waals surface area (Å²) in [4.78, 5) is 0. The predicted octanol–water partition coefficient (Wildman–Crippen LogP) is 1.52. The first kappa shape index (κ1) is 24.3. The van der Waals surface area contributed by atoms with E-state index in [9.17, 15) is 0 Å². The van der Waals surface area contributed by atoms with E-state index in [2.05, 4.69) is 128 Å². The zero-order valence-corrected chi connectivity index (χ0v) is 18.3. The molecule has 0 spiro atoms. The second-order valence-electron chi connectivity index (χ2n) is 7.46. The van der Waals surface area contributed by atoms with E-state index in [-0.39, 0.29) is 40.6 Å². The van der Waals surface area contributed by atoms with E-state index in [1.54, 1.807) is 0 Å². The van der Waals surface area contributed by atoms with Crippen molar-refractivity contribution in [2.45, 2.75) is 18.8 Å². The van der Waals surface area contributed by atoms with Gasteiger partial charge in [-0.05, 0) is 28.2 Å². The molecule has 4 aromatic rings. The van der Waals surface area contributed by atoms with Gasteiger partial charge >= 0.3 is 37.7 Å². The number of hydrogen-bond acceptors (Lipinski definition) is 0. The van der Waals surface area contributed by atoms with Crippen LogP contribution in [-0.2, 0) is 0 Å². The molecule has 0 aliphatic rings. The van der Waals surface area contributed by atoms with Crippen LogP contribution >= 0.6 is 0 Å². The Bertz CT molecular complexity index is 819. The van der Waals surface area contributed by atoms with Crippen LogP contribution in [0, 0.1) is 5.92 Å². The Hall–Kier alpha value is -1.93. The third kappa shape index (κ3) is 5.61. The van der Waals surface area contributed by atoms with E-state index in [4.69, 9.17) is 0 Å². The van der Waals surface area contributed by atoms with Gasteiger partial charge in [0, 0.05) is 11.8 Å². The van der Waals surface area contributed by atoms with Gasteiger partial charge in [-0.2, -0.15) is 0 Å². The zero-order chi connectivity index (χ0) is 19.2. The molecule has 0 amide bonds. The molecule has 0 saturated carbocycles. The molecule has 0 saturated heterocycles. The van der Waals surface area contributed by atoms with E-state index < -0.39 is 0 Å². The van der Waals surface area contributed by atoms with Crippen LogP contribution < -0.4 is 37.7 Å². The third-order valence-corrected chi connectivity index (χ3v) is 5.69. The summed E-state index contributed by atoms with van der Waals surface area (Å²) in [5, 5.41) is 0. The van der Waals surface area contributed by atoms with Crippen LogP contribution in [0.5, 0.6) is 0 Å². The molecule has 30 heavy (non-hydrogen) atoms. The molecule has 0 unspecified atom stereocenters. The molecule has 0 nitrogen and oxygen atoms in total. The fraction of sp³-hybridized carbons (Fsp3) is 0.143. The van der Waals surface area contributed by atoms with Crippen molar-refractivity contribution in [2.75, 3.05) is 0 Å². The second-order valence-corrected chi connectivity index (χ2v) is 7.46. The molecule has 0 heterocycles. The molecule has 0 aromatic heterocycles. The fourth-order valence-corrected chi connectivity index (χ4v) is 4.43. The van der Waals surface area contributed by atoms with E-state index in [1.165, 1.54) is 22.3 Å². The summed E-state index contributed by atoms with van der Waals surface area (Å²) in [5.41, 5.74) is 5.49. The van der Waals surface area contributed by atoms with Crippen LogP contribution in [0.25, 0.3) is 0 Å². The average molecular weight is 378 g/mol. The van der Waals surface area contributed by atoms with Gasteiger partial charge in [-0.1, -0.05) is 128 Å². The van der Waals surface area contributed by atoms with Crippen LogP contribution in [0.15, 0.2) is 121 Å². The van der Waals surface area contributed by atoms with Gasteiger partial charge in [-0.25, -0.2) is 0 Å². The average Bonchev–Trinajstić information content (AvgIpc) is 2.77. The van der Waals surface area contributed by atoms with Crippen molar-refractivity contribution < 1.29 is 40.6 Å². The first-order chi connectivity index (χ1) is 13.8. The monoisotopic (exact) mass is 378 g/mol. The molecule has 0 atom stereocenters. The quantitative estimate of drug-likeness (QED) is 0.447. The maximum absolute atomic E-state index is 2.40. The molecule has 0 bridgehead atoms. The summed E-state index contributed by atoms with van der Waals surface area (Å²) in [6, 6.07) is 43.7. The Balaban J connectivity index is 0.00000240. The van der Waals surface area contributed by atoms with Crippen molar-refractivity contribution in [1.29, 1.82) is 0 Å². The van der Waals surface area contributed by atoms with Gasteiger partial charge < -0.3 is 2.85 Å². The van der Waals surface area contributed by atoms with Crippen LogP contribution in [0.2, 0.25) is 0 Å². The molecular weight excluding hydrogens is 350 g/mol. The summed E-state index contributed by atoms with van der Waals surface area (Å²) in [6.45, 7) is 2.40. The summed E-state index contributed by atoms with van der Waals surface area (Å²) in [7, 11) is 0. The molecule has 0 N–H and O–H groups in total. The van der Waals surface area contributed by atoms with Gasteiger partial charge in [0.2, 0.25) is 0 Å². The topological polar surface area (TPSA) is 0 Å². The first-order valence-corrected chi connectivity index (χ1v) is 10.0. The minimum absolute atomic E-state index is 0. The molecule has 0 aliphatic carbocycles. The van der Waals surface area contributed by atoms with Crippen molar-refractivity contribution >= 4 is 0 Å². The van der Waals surface area contributed by atoms with E-state index in [0.717, 1.165) is 0 Å². The molecule has 0 aliphatic heterocycles. The summed E-state index contributed by atoms with van der Waals surface area (Å²) < 4.78 is 0.